The number of aliphatic hydroxyl groups is 5. The number of morpholine rings is 1. The monoisotopic (exact) mass is 1100 g/mol. The Kier molecular flexibility index (Phi) is 21.4. The number of methoxy groups -OCH3 is 1. The first kappa shape index (κ1) is 62.6. The number of nitrogens with zero attached hydrogens (tertiary/aromatic N) is 4. The summed E-state index contributed by atoms with van der Waals surface area (Å²) in [5.74, 6) is -3.86. The summed E-state index contributed by atoms with van der Waals surface area (Å²) in [5, 5.41) is 62.4. The van der Waals surface area contributed by atoms with Crippen molar-refractivity contribution in [1.82, 2.24) is 15.1 Å². The molecule has 0 radical (unpaired) electrons. The van der Waals surface area contributed by atoms with Crippen molar-refractivity contribution >= 4 is 29.3 Å². The lowest BCUT2D eigenvalue weighted by molar-refractivity contribution is -0.318. The predicted octanol–water partition coefficient (Wildman–Crippen LogP) is 2.94. The molecule has 77 heavy (non-hydrogen) atoms. The van der Waals surface area contributed by atoms with E-state index in [9.17, 15) is 39.9 Å². The molecule has 0 aromatic heterocycles. The molecule has 5 heterocycles. The highest BCUT2D eigenvalue weighted by atomic mass is 19.1. The molecule has 5 saturated heterocycles. The molecule has 21 nitrogen and oxygen atoms in total. The van der Waals surface area contributed by atoms with Crippen molar-refractivity contribution < 1.29 is 82.2 Å². The maximum Gasteiger partial charge on any atom is 0.414 e. The van der Waals surface area contributed by atoms with Crippen molar-refractivity contribution in [2.75, 3.05) is 83.5 Å². The highest BCUT2D eigenvalue weighted by Crippen LogP contribution is 2.40. The lowest BCUT2D eigenvalue weighted by Gasteiger charge is -2.49. The van der Waals surface area contributed by atoms with E-state index in [0.717, 1.165) is 0 Å². The van der Waals surface area contributed by atoms with Crippen molar-refractivity contribution in [3.05, 3.63) is 36.2 Å². The fourth-order valence-electron chi connectivity index (χ4n) is 12.0. The first-order valence-corrected chi connectivity index (χ1v) is 27.4. The number of rotatable bonds is 14. The molecule has 5 aliphatic rings. The van der Waals surface area contributed by atoms with Gasteiger partial charge in [0.15, 0.2) is 12.6 Å². The van der Waals surface area contributed by atoms with E-state index in [1.807, 2.05) is 35.6 Å². The van der Waals surface area contributed by atoms with Crippen LogP contribution in [0.25, 0.3) is 0 Å². The minimum atomic E-state index is -1.87. The molecule has 5 aliphatic heterocycles. The number of anilines is 2. The third kappa shape index (κ3) is 14.9. The standard InChI is InChI=1S/C55H90FN5O16/c1-14-42-55(10,69)47(64)35(6)59(12)29-31(2)26-53(8,68)49(33(4)46(34(5)50(66)75-42)76-44-27-54(9,70-13)48(65)36(7)73-44)77-51-45(63)41(24-32(3)72-51)58(11)19-15-16-43(62)57-28-38-30-61(52(67)74-38)37-17-18-40(39(56)25-37)60-20-22-71-23-21-60/h15-18,25,31-36,38,41-42,44-49,51,63-65,68-69H,14,19-24,26-30H2,1-13H3,(H,57,62)/b16-15+/t31-,32-,33+,34-,35-,36+,38+,41+,42-,44-,45-,46+,47-,48+,49-,51+,53-,54-,55-/m1/s1. The van der Waals surface area contributed by atoms with Gasteiger partial charge >= 0.3 is 12.1 Å². The Labute approximate surface area is 454 Å². The molecule has 1 aromatic rings. The normalized spacial score (nSPS) is 40.5. The third-order valence-electron chi connectivity index (χ3n) is 16.7. The molecule has 0 saturated carbocycles. The minimum Gasteiger partial charge on any atom is -0.459 e. The van der Waals surface area contributed by atoms with Crippen LogP contribution in [0, 0.1) is 23.6 Å². The number of cyclic esters (lactones) is 2. The molecule has 2 amide bonds. The lowest BCUT2D eigenvalue weighted by atomic mass is 9.77. The van der Waals surface area contributed by atoms with Crippen LogP contribution in [0.5, 0.6) is 0 Å². The fraction of sp³-hybridized carbons (Fsp3) is 0.800. The molecule has 438 valence electrons. The molecular formula is C55H90FN5O16. The number of carbonyl (C=O) groups excluding carboxylic acids is 3. The number of halogens is 1. The average molecular weight is 1100 g/mol. The highest BCUT2D eigenvalue weighted by molar-refractivity contribution is 5.90. The highest BCUT2D eigenvalue weighted by Gasteiger charge is 2.53. The fourth-order valence-corrected chi connectivity index (χ4v) is 12.0. The summed E-state index contributed by atoms with van der Waals surface area (Å²) in [6, 6.07) is 3.44. The molecule has 6 N–H and O–H groups in total. The Morgan fingerprint density at radius 1 is 0.961 bits per heavy atom. The van der Waals surface area contributed by atoms with Gasteiger partial charge < -0.3 is 78.5 Å². The molecule has 6 rings (SSSR count). The van der Waals surface area contributed by atoms with Crippen LogP contribution in [0.3, 0.4) is 0 Å². The largest absolute Gasteiger partial charge is 0.459 e. The number of benzene rings is 1. The number of nitrogens with one attached hydrogen (secondary N) is 1. The van der Waals surface area contributed by atoms with Gasteiger partial charge in [-0.25, -0.2) is 9.18 Å². The van der Waals surface area contributed by atoms with E-state index in [0.29, 0.717) is 50.6 Å². The summed E-state index contributed by atoms with van der Waals surface area (Å²) in [7, 11) is 5.09. The van der Waals surface area contributed by atoms with Crippen molar-refractivity contribution in [3.63, 3.8) is 0 Å². The second-order valence-corrected chi connectivity index (χ2v) is 23.1. The second-order valence-electron chi connectivity index (χ2n) is 23.1. The SMILES string of the molecule is CC[C@H]1OC(=O)[C@H](C)[C@@H](O[C@@H]2C[C@@](C)(OC)[C@@H](O)[C@H](C)O2)[C@H](C)[C@@H](O[C@@H]2O[C@H](C)C[C@H](N(C)C/C=C/C(=O)NC[C@H]3CN(c4ccc(N5CCOCC5)c(F)c4)C(=O)O3)[C@H]2O)[C@](C)(O)C[C@@H](C)CN(C)[C@H](C)[C@@H](O)[C@]1(C)O. The van der Waals surface area contributed by atoms with E-state index in [1.165, 1.54) is 31.1 Å². The van der Waals surface area contributed by atoms with Gasteiger partial charge in [-0.05, 0) is 106 Å². The van der Waals surface area contributed by atoms with Crippen LogP contribution < -0.4 is 15.1 Å². The summed E-state index contributed by atoms with van der Waals surface area (Å²) < 4.78 is 64.2. The maximum absolute atomic E-state index is 15.2. The molecule has 0 bridgehead atoms. The summed E-state index contributed by atoms with van der Waals surface area (Å²) in [6.07, 6.45) is -8.18. The molecular weight excluding hydrogens is 1010 g/mol. The number of hydrogen-bond acceptors (Lipinski definition) is 19. The van der Waals surface area contributed by atoms with Crippen LogP contribution in [0.4, 0.5) is 20.6 Å². The van der Waals surface area contributed by atoms with Gasteiger partial charge in [0.2, 0.25) is 5.91 Å². The van der Waals surface area contributed by atoms with Crippen LogP contribution >= 0.6 is 0 Å². The number of likely N-dealkylation sites (N-methyl/N-ethyl adjacent to an activating group) is 2. The first-order chi connectivity index (χ1) is 36.1. The Morgan fingerprint density at radius 2 is 1.65 bits per heavy atom. The van der Waals surface area contributed by atoms with Gasteiger partial charge in [0.05, 0.1) is 79.2 Å². The summed E-state index contributed by atoms with van der Waals surface area (Å²) in [4.78, 5) is 47.4. The second kappa shape index (κ2) is 26.3. The van der Waals surface area contributed by atoms with Crippen LogP contribution in [-0.4, -0.2) is 223 Å². The topological polar surface area (TPSA) is 251 Å². The van der Waals surface area contributed by atoms with E-state index in [4.69, 9.17) is 37.9 Å². The van der Waals surface area contributed by atoms with Crippen LogP contribution in [0.15, 0.2) is 30.4 Å². The number of ether oxygens (including phenoxy) is 8. The molecule has 0 unspecified atom stereocenters. The zero-order chi connectivity index (χ0) is 56.9. The van der Waals surface area contributed by atoms with Crippen molar-refractivity contribution in [1.29, 1.82) is 0 Å². The van der Waals surface area contributed by atoms with Crippen LogP contribution in [-0.2, 0) is 47.5 Å². The predicted molar refractivity (Wildman–Crippen MR) is 282 cm³/mol. The first-order valence-electron chi connectivity index (χ1n) is 27.4. The molecule has 0 aliphatic carbocycles. The molecule has 1 aromatic carbocycles. The number of aliphatic hydroxyl groups excluding tert-OH is 3. The van der Waals surface area contributed by atoms with E-state index in [2.05, 4.69) is 5.32 Å². The third-order valence-corrected chi connectivity index (χ3v) is 16.7. The smallest absolute Gasteiger partial charge is 0.414 e. The Hall–Kier alpha value is -3.62. The number of amides is 2. The Morgan fingerprint density at radius 3 is 2.30 bits per heavy atom. The van der Waals surface area contributed by atoms with E-state index in [-0.39, 0.29) is 44.8 Å². The maximum atomic E-state index is 15.2. The van der Waals surface area contributed by atoms with Crippen LogP contribution in [0.2, 0.25) is 0 Å². The summed E-state index contributed by atoms with van der Waals surface area (Å²) in [5.41, 5.74) is -3.87. The van der Waals surface area contributed by atoms with Crippen LogP contribution in [0.1, 0.15) is 94.9 Å². The number of hydrogen-bond donors (Lipinski definition) is 6. The molecule has 19 atom stereocenters. The molecule has 22 heteroatoms. The Bertz CT molecular complexity index is 2150. The summed E-state index contributed by atoms with van der Waals surface area (Å²) in [6.45, 7) is 20.1. The van der Waals surface area contributed by atoms with E-state index >= 15 is 4.39 Å². The van der Waals surface area contributed by atoms with E-state index in [1.54, 1.807) is 73.7 Å². The number of esters is 1. The van der Waals surface area contributed by atoms with Crippen molar-refractivity contribution in [2.45, 2.75) is 191 Å². The van der Waals surface area contributed by atoms with Gasteiger partial charge in [-0.3, -0.25) is 19.4 Å². The Balaban J connectivity index is 1.17. The zero-order valence-electron chi connectivity index (χ0n) is 47.5. The quantitative estimate of drug-likeness (QED) is 0.116. The molecule has 5 fully saturated rings. The van der Waals surface area contributed by atoms with Crippen molar-refractivity contribution in [2.24, 2.45) is 17.8 Å². The summed E-state index contributed by atoms with van der Waals surface area (Å²) >= 11 is 0. The van der Waals surface area contributed by atoms with Gasteiger partial charge in [0.1, 0.15) is 41.9 Å². The van der Waals surface area contributed by atoms with Crippen molar-refractivity contribution in [3.8, 4) is 0 Å². The minimum absolute atomic E-state index is 0.0155. The average Bonchev–Trinajstić information content (AvgIpc) is 3.76. The van der Waals surface area contributed by atoms with Gasteiger partial charge in [0, 0.05) is 63.8 Å². The number of carbonyl (C=O) groups is 3. The molecule has 0 spiro atoms. The van der Waals surface area contributed by atoms with Gasteiger partial charge in [-0.1, -0.05) is 26.8 Å². The zero-order valence-corrected chi connectivity index (χ0v) is 47.5. The lowest BCUT2D eigenvalue weighted by Crippen LogP contribution is -2.60. The van der Waals surface area contributed by atoms with Gasteiger partial charge in [-0.2, -0.15) is 0 Å². The van der Waals surface area contributed by atoms with E-state index < -0.39 is 132 Å². The van der Waals surface area contributed by atoms with Gasteiger partial charge in [-0.15, -0.1) is 0 Å². The van der Waals surface area contributed by atoms with Gasteiger partial charge in [0.25, 0.3) is 0 Å².